The zero-order valence-electron chi connectivity index (χ0n) is 18.9. The number of nitrogens with one attached hydrogen (secondary N) is 3. The number of carbonyl (C=O) groups is 3. The van der Waals surface area contributed by atoms with Crippen LogP contribution in [0.4, 0.5) is 11.5 Å². The summed E-state index contributed by atoms with van der Waals surface area (Å²) in [5, 5.41) is 7.05. The van der Waals surface area contributed by atoms with Crippen molar-refractivity contribution in [2.75, 3.05) is 31.8 Å². The molecule has 9 nitrogen and oxygen atoms in total. The van der Waals surface area contributed by atoms with E-state index < -0.39 is 18.8 Å². The van der Waals surface area contributed by atoms with Gasteiger partial charge in [-0.3, -0.25) is 14.4 Å². The predicted octanol–water partition coefficient (Wildman–Crippen LogP) is 2.06. The standard InChI is InChI=1S/C20H22N4O5/c1-21-19(26)13-10-22-16(24-18(25)11-7-8-11)9-14(13)23-20(27)12-5-4-6-15(28-2)17(12)29-3/h4-6,9-11H,7-8H2,1-3H3,(H,21,26)(H2,22,23,24,25,27)/i1D3. The topological polar surface area (TPSA) is 119 Å². The van der Waals surface area contributed by atoms with E-state index in [2.05, 4.69) is 15.6 Å². The monoisotopic (exact) mass is 401 g/mol. The third-order valence-corrected chi connectivity index (χ3v) is 4.36. The molecule has 9 heteroatoms. The number of ether oxygens (including phenoxy) is 2. The van der Waals surface area contributed by atoms with Crippen molar-refractivity contribution in [3.05, 3.63) is 41.6 Å². The van der Waals surface area contributed by atoms with Crippen LogP contribution in [0.2, 0.25) is 0 Å². The van der Waals surface area contributed by atoms with Gasteiger partial charge in [0.15, 0.2) is 11.5 Å². The number of benzene rings is 1. The van der Waals surface area contributed by atoms with E-state index in [1.54, 1.807) is 12.1 Å². The molecule has 0 bridgehead atoms. The van der Waals surface area contributed by atoms with Crippen molar-refractivity contribution in [2.24, 2.45) is 5.92 Å². The number of hydrogen-bond donors (Lipinski definition) is 3. The Morgan fingerprint density at radius 1 is 1.10 bits per heavy atom. The highest BCUT2D eigenvalue weighted by Crippen LogP contribution is 2.32. The average molecular weight is 401 g/mol. The highest BCUT2D eigenvalue weighted by molar-refractivity contribution is 6.11. The first-order chi connectivity index (χ1) is 15.1. The summed E-state index contributed by atoms with van der Waals surface area (Å²) in [6.07, 6.45) is 2.65. The number of amides is 3. The molecule has 2 aromatic rings. The first-order valence-electron chi connectivity index (χ1n) is 10.3. The largest absolute Gasteiger partial charge is 0.493 e. The second-order valence-electron chi connectivity index (χ2n) is 6.33. The SMILES string of the molecule is [2H]C([2H])([2H])NC(=O)c1cnc(NC(=O)C2CC2)cc1NC(=O)c1cccc(OC)c1OC. The van der Waals surface area contributed by atoms with Crippen LogP contribution in [0, 0.1) is 5.92 Å². The fourth-order valence-corrected chi connectivity index (χ4v) is 2.70. The molecule has 0 saturated heterocycles. The third-order valence-electron chi connectivity index (χ3n) is 4.36. The molecule has 29 heavy (non-hydrogen) atoms. The summed E-state index contributed by atoms with van der Waals surface area (Å²) >= 11 is 0. The van der Waals surface area contributed by atoms with Gasteiger partial charge in [0.1, 0.15) is 5.82 Å². The molecule has 1 aromatic carbocycles. The number of anilines is 2. The van der Waals surface area contributed by atoms with E-state index in [9.17, 15) is 14.4 Å². The fraction of sp³-hybridized carbons (Fsp3) is 0.300. The molecule has 0 radical (unpaired) electrons. The lowest BCUT2D eigenvalue weighted by molar-refractivity contribution is -0.117. The van der Waals surface area contributed by atoms with E-state index >= 15 is 0 Å². The van der Waals surface area contributed by atoms with Crippen molar-refractivity contribution < 1.29 is 28.0 Å². The highest BCUT2D eigenvalue weighted by Gasteiger charge is 2.30. The van der Waals surface area contributed by atoms with Gasteiger partial charge in [-0.2, -0.15) is 0 Å². The predicted molar refractivity (Wildman–Crippen MR) is 106 cm³/mol. The molecular weight excluding hydrogens is 376 g/mol. The maximum atomic E-state index is 13.0. The number of para-hydroxylation sites is 1. The Balaban J connectivity index is 1.95. The fourth-order valence-electron chi connectivity index (χ4n) is 2.70. The van der Waals surface area contributed by atoms with Gasteiger partial charge in [-0.25, -0.2) is 4.98 Å². The zero-order valence-corrected chi connectivity index (χ0v) is 15.9. The first-order valence-corrected chi connectivity index (χ1v) is 8.78. The lowest BCUT2D eigenvalue weighted by Gasteiger charge is -2.15. The van der Waals surface area contributed by atoms with Gasteiger partial charge in [0.05, 0.1) is 31.0 Å². The molecule has 1 saturated carbocycles. The maximum absolute atomic E-state index is 13.0. The van der Waals surface area contributed by atoms with Crippen molar-refractivity contribution in [1.29, 1.82) is 0 Å². The molecule has 1 heterocycles. The van der Waals surface area contributed by atoms with Crippen LogP contribution in [0.25, 0.3) is 0 Å². The molecule has 3 N–H and O–H groups in total. The smallest absolute Gasteiger partial charge is 0.259 e. The van der Waals surface area contributed by atoms with Crippen LogP contribution in [0.3, 0.4) is 0 Å². The van der Waals surface area contributed by atoms with Crippen molar-refractivity contribution in [3.8, 4) is 11.5 Å². The van der Waals surface area contributed by atoms with E-state index in [-0.39, 0.29) is 40.2 Å². The molecule has 1 fully saturated rings. The van der Waals surface area contributed by atoms with Crippen LogP contribution < -0.4 is 25.4 Å². The summed E-state index contributed by atoms with van der Waals surface area (Å²) in [5.74, 6) is -1.30. The molecule has 3 amide bonds. The van der Waals surface area contributed by atoms with Crippen LogP contribution in [0.1, 0.15) is 37.7 Å². The molecule has 0 spiro atoms. The van der Waals surface area contributed by atoms with Crippen molar-refractivity contribution >= 4 is 29.2 Å². The second kappa shape index (κ2) is 8.59. The summed E-state index contributed by atoms with van der Waals surface area (Å²) in [6.45, 7) is -2.74. The molecule has 0 aliphatic heterocycles. The third kappa shape index (κ3) is 4.45. The highest BCUT2D eigenvalue weighted by atomic mass is 16.5. The zero-order chi connectivity index (χ0) is 23.5. The minimum Gasteiger partial charge on any atom is -0.493 e. The Labute approximate surface area is 172 Å². The summed E-state index contributed by atoms with van der Waals surface area (Å²) in [4.78, 5) is 41.5. The molecule has 0 unspecified atom stereocenters. The Bertz CT molecular complexity index is 1050. The number of rotatable bonds is 7. The van der Waals surface area contributed by atoms with Gasteiger partial charge in [-0.05, 0) is 25.0 Å². The normalized spacial score (nSPS) is 14.6. The molecule has 1 aromatic heterocycles. The van der Waals surface area contributed by atoms with Gasteiger partial charge >= 0.3 is 0 Å². The van der Waals surface area contributed by atoms with Crippen molar-refractivity contribution in [3.63, 3.8) is 0 Å². The Morgan fingerprint density at radius 3 is 2.55 bits per heavy atom. The lowest BCUT2D eigenvalue weighted by atomic mass is 10.1. The summed E-state index contributed by atoms with van der Waals surface area (Å²) in [7, 11) is 2.80. The van der Waals surface area contributed by atoms with E-state index in [0.29, 0.717) is 5.75 Å². The number of methoxy groups -OCH3 is 2. The van der Waals surface area contributed by atoms with Gasteiger partial charge in [0.25, 0.3) is 11.8 Å². The second-order valence-corrected chi connectivity index (χ2v) is 6.33. The van der Waals surface area contributed by atoms with Gasteiger partial charge in [0.2, 0.25) is 5.91 Å². The van der Waals surface area contributed by atoms with E-state index in [4.69, 9.17) is 13.6 Å². The van der Waals surface area contributed by atoms with E-state index in [1.807, 2.05) is 5.32 Å². The number of pyridine rings is 1. The first kappa shape index (κ1) is 16.3. The average Bonchev–Trinajstić information content (AvgIpc) is 3.57. The lowest BCUT2D eigenvalue weighted by Crippen LogP contribution is -2.23. The summed E-state index contributed by atoms with van der Waals surface area (Å²) < 4.78 is 32.2. The van der Waals surface area contributed by atoms with Crippen LogP contribution >= 0.6 is 0 Å². The quantitative estimate of drug-likeness (QED) is 0.653. The van der Waals surface area contributed by atoms with Crippen LogP contribution in [0.5, 0.6) is 11.5 Å². The van der Waals surface area contributed by atoms with Gasteiger partial charge in [-0.15, -0.1) is 0 Å². The van der Waals surface area contributed by atoms with Crippen LogP contribution in [-0.2, 0) is 4.79 Å². The molecule has 152 valence electrons. The number of nitrogens with zero attached hydrogens (tertiary/aromatic N) is 1. The molecule has 0 atom stereocenters. The molecule has 3 rings (SSSR count). The van der Waals surface area contributed by atoms with Crippen LogP contribution in [0.15, 0.2) is 30.5 Å². The summed E-state index contributed by atoms with van der Waals surface area (Å²) in [6, 6.07) is 5.99. The van der Waals surface area contributed by atoms with Gasteiger partial charge in [0, 0.05) is 29.3 Å². The Morgan fingerprint density at radius 2 is 1.90 bits per heavy atom. The van der Waals surface area contributed by atoms with E-state index in [1.165, 1.54) is 26.4 Å². The minimum atomic E-state index is -2.74. The minimum absolute atomic E-state index is 0.0391. The number of aromatic nitrogens is 1. The summed E-state index contributed by atoms with van der Waals surface area (Å²) in [5.41, 5.74) is -0.113. The van der Waals surface area contributed by atoms with Gasteiger partial charge < -0.3 is 25.4 Å². The van der Waals surface area contributed by atoms with E-state index in [0.717, 1.165) is 19.0 Å². The molecular formula is C20H22N4O5. The Kier molecular flexibility index (Phi) is 4.84. The van der Waals surface area contributed by atoms with Gasteiger partial charge in [-0.1, -0.05) is 6.07 Å². The van der Waals surface area contributed by atoms with Crippen molar-refractivity contribution in [1.82, 2.24) is 10.3 Å². The number of hydrogen-bond acceptors (Lipinski definition) is 6. The van der Waals surface area contributed by atoms with Crippen LogP contribution in [-0.4, -0.2) is 43.9 Å². The Hall–Kier alpha value is -3.62. The maximum Gasteiger partial charge on any atom is 0.259 e. The number of carbonyl (C=O) groups excluding carboxylic acids is 3. The molecule has 1 aliphatic carbocycles. The van der Waals surface area contributed by atoms with Crippen molar-refractivity contribution in [2.45, 2.75) is 12.8 Å². The molecule has 1 aliphatic rings.